The second-order valence-corrected chi connectivity index (χ2v) is 23.9. The average molecular weight is 1270 g/mol. The van der Waals surface area contributed by atoms with E-state index in [1.807, 2.05) is 123 Å². The van der Waals surface area contributed by atoms with Gasteiger partial charge in [-0.25, -0.2) is 0 Å². The first-order valence-electron chi connectivity index (χ1n) is 46.0. The fraction of sp³-hybridized carbons (Fsp3) is 0.0568. The van der Waals surface area contributed by atoms with Crippen molar-refractivity contribution in [3.05, 3.63) is 320 Å². The van der Waals surface area contributed by atoms with Crippen molar-refractivity contribution >= 4 is 162 Å². The summed E-state index contributed by atoms with van der Waals surface area (Å²) in [6.45, 7) is 1.52. The monoisotopic (exact) mass is 1270 g/mol. The number of aromatic nitrogens is 7. The maximum Gasteiger partial charge on any atom is 0.0787 e. The highest BCUT2D eigenvalue weighted by Crippen LogP contribution is 2.40. The number of pyridine rings is 7. The molecule has 0 radical (unpaired) electrons. The standard InChI is InChI=1S/3C18H13N.2C17H12N2.11H2/c2*1-12-8-9-14-13-5-2-3-6-15(13)18-16(17(14)11-12)7-4-10-19-18;1-12-6-7-15-13-4-2-3-5-14(13)16-8-9-19-11-18(16)17(15)10-12;1-11-2-3-12-13-4-6-18-9-16(13)14-5-7-19-10-17(14)15(12)8-11;1-11-4-5-12-13-3-2-7-19-17(13)14-6-8-18-10-16(14)15(12)9-11;;;;;;;;;;;/h3*2-11H,1H3;2*2-10H,1H3;11*1H/i5*1D;11*1+1D. The molecule has 0 fully saturated rings. The van der Waals surface area contributed by atoms with Gasteiger partial charge in [0.25, 0.3) is 0 Å². The highest BCUT2D eigenvalue weighted by Gasteiger charge is 2.14. The molecule has 7 aromatic heterocycles. The Morgan fingerprint density at radius 2 is 0.400 bits per heavy atom. The molecule has 0 aliphatic rings. The Kier molecular flexibility index (Phi) is 11.0. The van der Waals surface area contributed by atoms with Gasteiger partial charge in [-0.2, -0.15) is 0 Å². The van der Waals surface area contributed by atoms with Crippen LogP contribution in [0.5, 0.6) is 0 Å². The summed E-state index contributed by atoms with van der Waals surface area (Å²) in [5.74, 6) is 0. The van der Waals surface area contributed by atoms with Crippen molar-refractivity contribution in [3.63, 3.8) is 0 Å². The van der Waals surface area contributed by atoms with Gasteiger partial charge in [0.2, 0.25) is 0 Å². The van der Waals surface area contributed by atoms with Crippen LogP contribution in [0.4, 0.5) is 0 Å². The zero-order chi connectivity index (χ0) is 89.6. The van der Waals surface area contributed by atoms with Crippen molar-refractivity contribution in [1.29, 1.82) is 0 Å². The summed E-state index contributed by atoms with van der Waals surface area (Å²) in [6, 6.07) is 77.0. The van der Waals surface area contributed by atoms with Crippen LogP contribution in [-0.4, -0.2) is 34.9 Å². The minimum Gasteiger partial charge on any atom is -0.264 e. The summed E-state index contributed by atoms with van der Waals surface area (Å²) in [4.78, 5) is 30.7. The lowest BCUT2D eigenvalue weighted by Gasteiger charge is -2.10. The largest absolute Gasteiger partial charge is 0.264 e. The van der Waals surface area contributed by atoms with E-state index in [9.17, 15) is 0 Å². The summed E-state index contributed by atoms with van der Waals surface area (Å²) in [5.41, 5.74) is 8.25. The molecule has 7 heterocycles. The SMILES string of the molecule is [2H]Cc1ccc2c(c1)c1cnccc1c1ncccc21.[2H]Cc1ccc2c3ccccc3c3ccncc3c2c1.[2H]Cc1ccc2c3ccccc3c3ncccc3c2c1.[2H]Cc1ccc2c3ccccc3c3ncccc3c2c1.[2H]Cc1ccc2c3ccncc3c3ccncc3c2c1.[2H][2H].[2H][2H].[2H][2H].[2H][2H].[2H][2H].[2H][2H].[2H][2H].[2H][2H].[2H][2H].[2H][2H].[2H][2H]. The molecule has 95 heavy (non-hydrogen) atoms. The van der Waals surface area contributed by atoms with Gasteiger partial charge in [-0.1, -0.05) is 210 Å². The zero-order valence-corrected chi connectivity index (χ0v) is 51.9. The molecular formula is C88H85N7. The van der Waals surface area contributed by atoms with Gasteiger partial charge < -0.3 is 0 Å². The van der Waals surface area contributed by atoms with E-state index in [1.165, 1.54) is 86.2 Å². The fourth-order valence-electron chi connectivity index (χ4n) is 13.9. The lowest BCUT2D eigenvalue weighted by Crippen LogP contribution is -1.86. The Hall–Kier alpha value is -12.2. The van der Waals surface area contributed by atoms with Crippen LogP contribution < -0.4 is 0 Å². The maximum absolute atomic E-state index is 7.57. The molecule has 13 aromatic carbocycles. The Labute approximate surface area is 589 Å². The lowest BCUT2D eigenvalue weighted by atomic mass is 9.94. The summed E-state index contributed by atoms with van der Waals surface area (Å²) >= 11 is 0. The third-order valence-electron chi connectivity index (χ3n) is 18.2. The molecule has 20 rings (SSSR count). The molecule has 0 unspecified atom stereocenters. The van der Waals surface area contributed by atoms with Crippen LogP contribution in [0, 0.1) is 34.5 Å². The van der Waals surface area contributed by atoms with E-state index >= 15 is 0 Å². The molecule has 472 valence electrons. The van der Waals surface area contributed by atoms with E-state index < -0.39 is 0 Å². The first-order chi connectivity index (χ1) is 60.4. The predicted octanol–water partition coefficient (Wildman–Crippen LogP) is 25.7. The number of fused-ring (bicyclic) bond motifs is 30. The number of aryl methyl sites for hydroxylation is 5. The Morgan fingerprint density at radius 1 is 0.200 bits per heavy atom. The van der Waals surface area contributed by atoms with Gasteiger partial charge in [-0.15, -0.1) is 0 Å². The molecule has 20 aromatic rings. The Bertz CT molecular complexity index is 5540. The molecular weight excluding hydrogens is 1160 g/mol. The number of hydrogen-bond donors (Lipinski definition) is 0. The molecule has 7 heteroatoms. The van der Waals surface area contributed by atoms with Crippen LogP contribution in [0.2, 0.25) is 0 Å². The van der Waals surface area contributed by atoms with Crippen LogP contribution in [0.3, 0.4) is 0 Å². The molecule has 0 aliphatic carbocycles. The summed E-state index contributed by atoms with van der Waals surface area (Å²) in [7, 11) is 0. The first kappa shape index (κ1) is 42.8. The third kappa shape index (κ3) is 10.5. The van der Waals surface area contributed by atoms with Crippen molar-refractivity contribution in [3.8, 4) is 0 Å². The van der Waals surface area contributed by atoms with Gasteiger partial charge in [0, 0.05) is 162 Å². The van der Waals surface area contributed by atoms with Crippen molar-refractivity contribution in [2.45, 2.75) is 34.5 Å². The molecule has 0 saturated carbocycles. The lowest BCUT2D eigenvalue weighted by molar-refractivity contribution is 1.36. The number of benzene rings is 13. The van der Waals surface area contributed by atoms with Crippen molar-refractivity contribution in [1.82, 2.24) is 34.9 Å². The number of nitrogens with zero attached hydrogens (tertiary/aromatic N) is 7. The minimum atomic E-state index is 0.294. The molecule has 0 atom stereocenters. The summed E-state index contributed by atoms with van der Waals surface area (Å²) < 4.78 is 148. The highest BCUT2D eigenvalue weighted by molar-refractivity contribution is 6.29. The highest BCUT2D eigenvalue weighted by atomic mass is 14.7. The molecule has 0 N–H and O–H groups in total. The molecule has 0 aliphatic heterocycles. The Morgan fingerprint density at radius 3 is 0.726 bits per heavy atom. The molecule has 7 nitrogen and oxygen atoms in total. The second kappa shape index (κ2) is 24.5. The van der Waals surface area contributed by atoms with E-state index in [0.29, 0.717) is 34.5 Å². The van der Waals surface area contributed by atoms with Crippen LogP contribution >= 0.6 is 0 Å². The first-order valence-corrected chi connectivity index (χ1v) is 31.5. The minimum absolute atomic E-state index is 0.294. The normalized spacial score (nSPS) is 13.0. The molecule has 0 bridgehead atoms. The van der Waals surface area contributed by atoms with E-state index in [4.69, 9.17) is 39.5 Å². The Balaban J connectivity index is 0.000000256. The maximum atomic E-state index is 7.57. The number of hydrogen-bond acceptors (Lipinski definition) is 7. The van der Waals surface area contributed by atoms with Gasteiger partial charge in [0.1, 0.15) is 0 Å². The number of rotatable bonds is 0. The van der Waals surface area contributed by atoms with Crippen molar-refractivity contribution < 1.29 is 39.5 Å². The second-order valence-electron chi connectivity index (χ2n) is 23.9. The van der Waals surface area contributed by atoms with Crippen LogP contribution in [0.25, 0.3) is 162 Å². The quantitative estimate of drug-likeness (QED) is 0.140. The van der Waals surface area contributed by atoms with Gasteiger partial charge in [0.05, 0.1) is 16.6 Å². The topological polar surface area (TPSA) is 90.2 Å². The summed E-state index contributed by atoms with van der Waals surface area (Å²) in [6.07, 6.45) is 20.4. The molecule has 0 spiro atoms. The molecule has 0 saturated heterocycles. The smallest absolute Gasteiger partial charge is 0.0787 e. The van der Waals surface area contributed by atoms with Crippen LogP contribution in [-0.2, 0) is 0 Å². The van der Waals surface area contributed by atoms with E-state index in [-0.39, 0.29) is 0 Å². The van der Waals surface area contributed by atoms with Gasteiger partial charge in [0.15, 0.2) is 0 Å². The third-order valence-corrected chi connectivity index (χ3v) is 18.2. The zero-order valence-electron chi connectivity index (χ0n) is 78.9. The van der Waals surface area contributed by atoms with Crippen LogP contribution in [0.15, 0.2) is 293 Å². The van der Waals surface area contributed by atoms with Crippen molar-refractivity contribution in [2.75, 3.05) is 0 Å². The summed E-state index contributed by atoms with van der Waals surface area (Å²) in [5, 5.41) is 32.0. The average Bonchev–Trinajstić information content (AvgIpc) is 0.775. The van der Waals surface area contributed by atoms with Crippen LogP contribution in [0.1, 0.15) is 67.3 Å². The predicted molar refractivity (Wildman–Crippen MR) is 426 cm³/mol. The van der Waals surface area contributed by atoms with Gasteiger partial charge >= 0.3 is 0 Å². The van der Waals surface area contributed by atoms with Gasteiger partial charge in [-0.3, -0.25) is 34.9 Å². The molecule has 0 amide bonds. The fourth-order valence-corrected chi connectivity index (χ4v) is 13.9. The van der Waals surface area contributed by atoms with E-state index in [0.717, 1.165) is 104 Å². The van der Waals surface area contributed by atoms with E-state index in [1.54, 1.807) is 6.20 Å². The van der Waals surface area contributed by atoms with Crippen molar-refractivity contribution in [2.24, 2.45) is 0 Å². The van der Waals surface area contributed by atoms with E-state index in [2.05, 4.69) is 199 Å². The van der Waals surface area contributed by atoms with Gasteiger partial charge in [-0.05, 0) is 169 Å².